The second-order valence-corrected chi connectivity index (χ2v) is 4.36. The van der Waals surface area contributed by atoms with Crippen LogP contribution < -0.4 is 0 Å². The van der Waals surface area contributed by atoms with Gasteiger partial charge in [-0.2, -0.15) is 0 Å². The van der Waals surface area contributed by atoms with Crippen LogP contribution in [0.15, 0.2) is 5.28 Å². The Kier molecular flexibility index (Phi) is 7.34. The van der Waals surface area contributed by atoms with Crippen molar-refractivity contribution in [2.45, 2.75) is 46.4 Å². The maximum absolute atomic E-state index is 11.6. The van der Waals surface area contributed by atoms with E-state index in [9.17, 15) is 14.8 Å². The minimum atomic E-state index is -1.13. The molecular weight excluding hydrogens is 270 g/mol. The van der Waals surface area contributed by atoms with Gasteiger partial charge in [-0.1, -0.05) is 20.3 Å². The van der Waals surface area contributed by atoms with Crippen molar-refractivity contribution in [2.75, 3.05) is 7.05 Å². The molecule has 9 nitrogen and oxygen atoms in total. The Balaban J connectivity index is 4.75. The van der Waals surface area contributed by atoms with E-state index in [0.29, 0.717) is 6.42 Å². The van der Waals surface area contributed by atoms with Crippen molar-refractivity contribution in [1.29, 1.82) is 0 Å². The first-order valence-corrected chi connectivity index (χ1v) is 6.17. The number of hydrogen-bond acceptors (Lipinski definition) is 6. The molecule has 9 heteroatoms. The summed E-state index contributed by atoms with van der Waals surface area (Å²) in [6.45, 7) is 6.10. The molecule has 1 unspecified atom stereocenters. The van der Waals surface area contributed by atoms with Gasteiger partial charge in [-0.3, -0.25) is 9.63 Å². The van der Waals surface area contributed by atoms with E-state index in [1.165, 1.54) is 20.9 Å². The summed E-state index contributed by atoms with van der Waals surface area (Å²) in [5.74, 6) is -1.97. The molecule has 0 fully saturated rings. The summed E-state index contributed by atoms with van der Waals surface area (Å²) in [6, 6.07) is -1.03. The van der Waals surface area contributed by atoms with Crippen molar-refractivity contribution >= 4 is 11.9 Å². The lowest BCUT2D eigenvalue weighted by molar-refractivity contribution is -0.713. The summed E-state index contributed by atoms with van der Waals surface area (Å²) in [6.07, 6.45) is -0.455. The Morgan fingerprint density at radius 3 is 2.40 bits per heavy atom. The molecule has 0 rings (SSSR count). The van der Waals surface area contributed by atoms with Gasteiger partial charge in [0.2, 0.25) is 5.28 Å². The number of hydrogen-bond donors (Lipinski definition) is 1. The Hall–Kier alpha value is -2.06. The summed E-state index contributed by atoms with van der Waals surface area (Å²) in [5, 5.41) is 24.8. The third-order valence-electron chi connectivity index (χ3n) is 2.71. The van der Waals surface area contributed by atoms with Gasteiger partial charge in [0.15, 0.2) is 6.04 Å². The maximum Gasteiger partial charge on any atom is 0.332 e. The zero-order valence-electron chi connectivity index (χ0n) is 12.3. The van der Waals surface area contributed by atoms with E-state index >= 15 is 0 Å². The highest BCUT2D eigenvalue weighted by Gasteiger charge is 2.33. The van der Waals surface area contributed by atoms with Crippen molar-refractivity contribution in [1.82, 2.24) is 5.01 Å². The standard InChI is InChI=1S/C11H21N3O6/c1-6-7(2)10(11(16)17)13(5)14(18)12-20-9(4)19-8(3)15/h7,9-10H,6H2,1-5H3,(H,16,17)/b14-12+/t7-,9?,10+/m1/s1. The minimum absolute atomic E-state index is 0.0188. The number of nitrogens with zero attached hydrogens (tertiary/aromatic N) is 3. The number of rotatable bonds is 8. The first-order chi connectivity index (χ1) is 9.20. The number of likely N-dealkylation sites (N-methyl/N-ethyl adjacent to an activating group) is 1. The summed E-state index contributed by atoms with van der Waals surface area (Å²) in [7, 11) is 1.29. The predicted molar refractivity (Wildman–Crippen MR) is 67.0 cm³/mol. The van der Waals surface area contributed by atoms with Gasteiger partial charge in [0, 0.05) is 13.8 Å². The molecule has 116 valence electrons. The van der Waals surface area contributed by atoms with E-state index in [1.54, 1.807) is 6.92 Å². The summed E-state index contributed by atoms with van der Waals surface area (Å²) in [5.41, 5.74) is 0. The van der Waals surface area contributed by atoms with Crippen LogP contribution in [0.4, 0.5) is 0 Å². The van der Waals surface area contributed by atoms with Crippen LogP contribution in [0.2, 0.25) is 0 Å². The van der Waals surface area contributed by atoms with Gasteiger partial charge in [0.1, 0.15) is 0 Å². The van der Waals surface area contributed by atoms with Crippen LogP contribution in [0.5, 0.6) is 0 Å². The molecule has 20 heavy (non-hydrogen) atoms. The normalized spacial score (nSPS) is 15.9. The van der Waals surface area contributed by atoms with Crippen LogP contribution in [0.25, 0.3) is 0 Å². The topological polar surface area (TPSA) is 114 Å². The molecule has 1 N–H and O–H groups in total. The fourth-order valence-corrected chi connectivity index (χ4v) is 1.52. The van der Waals surface area contributed by atoms with Gasteiger partial charge in [-0.15, -0.1) is 5.01 Å². The number of carbonyl (C=O) groups is 2. The monoisotopic (exact) mass is 291 g/mol. The number of hydrazine groups is 1. The fourth-order valence-electron chi connectivity index (χ4n) is 1.52. The molecule has 0 aromatic rings. The number of carboxylic acid groups (broad SMARTS) is 1. The van der Waals surface area contributed by atoms with Crippen LogP contribution in [-0.2, 0) is 19.2 Å². The van der Waals surface area contributed by atoms with Crippen LogP contribution in [0.1, 0.15) is 34.1 Å². The Bertz CT molecular complexity index is 373. The quantitative estimate of drug-likeness (QED) is 0.234. The zero-order valence-corrected chi connectivity index (χ0v) is 12.3. The van der Waals surface area contributed by atoms with Crippen LogP contribution in [0, 0.1) is 11.1 Å². The van der Waals surface area contributed by atoms with Gasteiger partial charge in [0.05, 0.1) is 12.0 Å². The Morgan fingerprint density at radius 1 is 1.45 bits per heavy atom. The lowest BCUT2D eigenvalue weighted by Crippen LogP contribution is -2.46. The molecule has 0 saturated carbocycles. The largest absolute Gasteiger partial charge is 0.569 e. The smallest absolute Gasteiger partial charge is 0.332 e. The number of esters is 1. The van der Waals surface area contributed by atoms with E-state index in [4.69, 9.17) is 5.11 Å². The highest BCUT2D eigenvalue weighted by Crippen LogP contribution is 2.14. The molecule has 0 aliphatic carbocycles. The van der Waals surface area contributed by atoms with E-state index in [2.05, 4.69) is 14.9 Å². The molecule has 0 heterocycles. The van der Waals surface area contributed by atoms with Crippen molar-refractivity contribution in [3.8, 4) is 0 Å². The van der Waals surface area contributed by atoms with E-state index in [1.807, 2.05) is 6.92 Å². The predicted octanol–water partition coefficient (Wildman–Crippen LogP) is 1.14. The molecular formula is C11H21N3O6. The van der Waals surface area contributed by atoms with E-state index in [-0.39, 0.29) is 10.9 Å². The zero-order chi connectivity index (χ0) is 15.9. The molecule has 0 radical (unpaired) electrons. The number of carboxylic acids is 1. The average molecular weight is 291 g/mol. The SMILES string of the molecule is CC[C@@H](C)[C@@H](C(=O)O)N(C)/[N+]([O-])=N\OC(C)OC(C)=O. The fraction of sp³-hybridized carbons (Fsp3) is 0.818. The maximum atomic E-state index is 11.6. The van der Waals surface area contributed by atoms with Crippen molar-refractivity contribution in [3.05, 3.63) is 5.21 Å². The molecule has 0 spiro atoms. The summed E-state index contributed by atoms with van der Waals surface area (Å²) < 4.78 is 4.60. The van der Waals surface area contributed by atoms with Crippen LogP contribution in [0.3, 0.4) is 0 Å². The highest BCUT2D eigenvalue weighted by atomic mass is 16.8. The number of carbonyl (C=O) groups excluding carboxylic acids is 1. The van der Waals surface area contributed by atoms with Crippen molar-refractivity contribution in [3.63, 3.8) is 0 Å². The van der Waals surface area contributed by atoms with Gasteiger partial charge >= 0.3 is 11.9 Å². The minimum Gasteiger partial charge on any atom is -0.569 e. The molecule has 0 bridgehead atoms. The van der Waals surface area contributed by atoms with Gasteiger partial charge in [-0.05, 0) is 5.92 Å². The van der Waals surface area contributed by atoms with E-state index in [0.717, 1.165) is 5.01 Å². The highest BCUT2D eigenvalue weighted by molar-refractivity contribution is 5.73. The van der Waals surface area contributed by atoms with Gasteiger partial charge in [0.25, 0.3) is 6.29 Å². The molecule has 0 amide bonds. The van der Waals surface area contributed by atoms with Gasteiger partial charge < -0.3 is 15.1 Å². The lowest BCUT2D eigenvalue weighted by Gasteiger charge is -2.24. The van der Waals surface area contributed by atoms with Crippen LogP contribution in [-0.4, -0.2) is 46.4 Å². The molecule has 0 aromatic carbocycles. The second kappa shape index (κ2) is 8.18. The lowest BCUT2D eigenvalue weighted by atomic mass is 9.99. The van der Waals surface area contributed by atoms with Crippen molar-refractivity contribution < 1.29 is 29.2 Å². The molecule has 3 atom stereocenters. The first-order valence-electron chi connectivity index (χ1n) is 6.17. The number of ether oxygens (including phenoxy) is 1. The molecule has 0 aliphatic rings. The average Bonchev–Trinajstić information content (AvgIpc) is 2.34. The van der Waals surface area contributed by atoms with Gasteiger partial charge in [-0.25, -0.2) is 4.79 Å². The Labute approximate surface area is 117 Å². The third-order valence-corrected chi connectivity index (χ3v) is 2.71. The summed E-state index contributed by atoms with van der Waals surface area (Å²) in [4.78, 5) is 26.5. The molecule has 0 aliphatic heterocycles. The van der Waals surface area contributed by atoms with E-state index < -0.39 is 24.3 Å². The first kappa shape index (κ1) is 17.9. The van der Waals surface area contributed by atoms with Crippen molar-refractivity contribution in [2.24, 2.45) is 11.2 Å². The Morgan fingerprint density at radius 2 is 2.00 bits per heavy atom. The summed E-state index contributed by atoms with van der Waals surface area (Å²) >= 11 is 0. The number of aliphatic carboxylic acids is 1. The second-order valence-electron chi connectivity index (χ2n) is 4.36. The molecule has 0 aromatic heterocycles. The van der Waals surface area contributed by atoms with Crippen LogP contribution >= 0.6 is 0 Å². The molecule has 0 saturated heterocycles. The third kappa shape index (κ3) is 5.72.